The third-order valence-corrected chi connectivity index (χ3v) is 5.24. The van der Waals surface area contributed by atoms with Gasteiger partial charge in [0.05, 0.1) is 0 Å². The first-order valence-corrected chi connectivity index (χ1v) is 8.42. The fourth-order valence-corrected chi connectivity index (χ4v) is 3.70. The molecule has 19 heavy (non-hydrogen) atoms. The average molecular weight is 266 g/mol. The number of hydrogen-bond acceptors (Lipinski definition) is 2. The molecule has 0 atom stereocenters. The van der Waals surface area contributed by atoms with E-state index >= 15 is 0 Å². The van der Waals surface area contributed by atoms with Gasteiger partial charge in [-0.2, -0.15) is 0 Å². The summed E-state index contributed by atoms with van der Waals surface area (Å²) in [7, 11) is 0. The second kappa shape index (κ2) is 6.58. The quantitative estimate of drug-likeness (QED) is 0.764. The molecule has 0 amide bonds. The first-order chi connectivity index (χ1) is 8.99. The molecule has 0 aromatic heterocycles. The summed E-state index contributed by atoms with van der Waals surface area (Å²) in [5.74, 6) is 0. The lowest BCUT2D eigenvalue weighted by atomic mass is 9.77. The smallest absolute Gasteiger partial charge is 0.0107 e. The largest absolute Gasteiger partial charge is 0.315 e. The minimum Gasteiger partial charge on any atom is -0.315 e. The maximum Gasteiger partial charge on any atom is 0.0107 e. The van der Waals surface area contributed by atoms with Crippen LogP contribution in [0.1, 0.15) is 65.7 Å². The molecule has 1 heterocycles. The van der Waals surface area contributed by atoms with E-state index in [0.29, 0.717) is 5.41 Å². The Morgan fingerprint density at radius 1 is 0.947 bits per heavy atom. The zero-order valence-corrected chi connectivity index (χ0v) is 13.4. The van der Waals surface area contributed by atoms with Crippen LogP contribution in [-0.4, -0.2) is 37.6 Å². The molecule has 2 heteroatoms. The van der Waals surface area contributed by atoms with Crippen molar-refractivity contribution in [2.75, 3.05) is 32.7 Å². The number of piperidine rings is 1. The van der Waals surface area contributed by atoms with E-state index in [1.807, 2.05) is 0 Å². The first kappa shape index (κ1) is 15.3. The van der Waals surface area contributed by atoms with Crippen molar-refractivity contribution in [1.82, 2.24) is 10.2 Å². The van der Waals surface area contributed by atoms with Crippen molar-refractivity contribution in [2.24, 2.45) is 10.8 Å². The Labute approximate surface area is 120 Å². The SMILES string of the molecule is CC(C)(C)CCNCCN1CCC2(CCCC2)CC1. The highest BCUT2D eigenvalue weighted by atomic mass is 15.1. The highest BCUT2D eigenvalue weighted by Gasteiger charge is 2.36. The van der Waals surface area contributed by atoms with Gasteiger partial charge >= 0.3 is 0 Å². The molecule has 1 spiro atoms. The Hall–Kier alpha value is -0.0800. The molecule has 1 aliphatic carbocycles. The van der Waals surface area contributed by atoms with Gasteiger partial charge in [0.2, 0.25) is 0 Å². The monoisotopic (exact) mass is 266 g/mol. The molecule has 0 aromatic rings. The van der Waals surface area contributed by atoms with Gasteiger partial charge in [0.15, 0.2) is 0 Å². The summed E-state index contributed by atoms with van der Waals surface area (Å²) in [6, 6.07) is 0. The van der Waals surface area contributed by atoms with Crippen LogP contribution in [0.25, 0.3) is 0 Å². The topological polar surface area (TPSA) is 15.3 Å². The Balaban J connectivity index is 1.54. The van der Waals surface area contributed by atoms with Crippen molar-refractivity contribution in [3.05, 3.63) is 0 Å². The van der Waals surface area contributed by atoms with Crippen LogP contribution in [0.5, 0.6) is 0 Å². The van der Waals surface area contributed by atoms with E-state index in [2.05, 4.69) is 31.0 Å². The van der Waals surface area contributed by atoms with E-state index in [-0.39, 0.29) is 0 Å². The van der Waals surface area contributed by atoms with Gasteiger partial charge < -0.3 is 10.2 Å². The summed E-state index contributed by atoms with van der Waals surface area (Å²) >= 11 is 0. The van der Waals surface area contributed by atoms with Crippen LogP contribution >= 0.6 is 0 Å². The van der Waals surface area contributed by atoms with Gasteiger partial charge in [0.1, 0.15) is 0 Å². The molecular formula is C17H34N2. The van der Waals surface area contributed by atoms with Crippen molar-refractivity contribution in [3.63, 3.8) is 0 Å². The average Bonchev–Trinajstić information content (AvgIpc) is 2.79. The standard InChI is InChI=1S/C17H34N2/c1-16(2,3)8-11-18-12-15-19-13-9-17(10-14-19)6-4-5-7-17/h18H,4-15H2,1-3H3. The van der Waals surface area contributed by atoms with E-state index < -0.39 is 0 Å². The number of hydrogen-bond donors (Lipinski definition) is 1. The molecule has 0 aromatic carbocycles. The predicted octanol–water partition coefficient (Wildman–Crippen LogP) is 3.67. The second-order valence-corrected chi connectivity index (χ2v) is 8.11. The highest BCUT2D eigenvalue weighted by Crippen LogP contribution is 2.45. The van der Waals surface area contributed by atoms with Crippen molar-refractivity contribution in [2.45, 2.75) is 65.7 Å². The van der Waals surface area contributed by atoms with Gasteiger partial charge in [-0.1, -0.05) is 33.6 Å². The lowest BCUT2D eigenvalue weighted by molar-refractivity contribution is 0.109. The van der Waals surface area contributed by atoms with Crippen molar-refractivity contribution in [3.8, 4) is 0 Å². The molecular weight excluding hydrogens is 232 g/mol. The molecule has 2 rings (SSSR count). The van der Waals surface area contributed by atoms with Crippen molar-refractivity contribution >= 4 is 0 Å². The summed E-state index contributed by atoms with van der Waals surface area (Å²) in [5.41, 5.74) is 1.24. The third-order valence-electron chi connectivity index (χ3n) is 5.24. The Bertz CT molecular complexity index is 251. The fraction of sp³-hybridized carbons (Fsp3) is 1.00. The third kappa shape index (κ3) is 5.07. The molecule has 1 N–H and O–H groups in total. The van der Waals surface area contributed by atoms with Crippen molar-refractivity contribution < 1.29 is 0 Å². The van der Waals surface area contributed by atoms with Crippen LogP contribution in [0.4, 0.5) is 0 Å². The van der Waals surface area contributed by atoms with Gasteiger partial charge in [-0.05, 0) is 62.6 Å². The van der Waals surface area contributed by atoms with E-state index in [4.69, 9.17) is 0 Å². The predicted molar refractivity (Wildman–Crippen MR) is 83.5 cm³/mol. The normalized spacial score (nSPS) is 24.2. The molecule has 2 aliphatic rings. The maximum absolute atomic E-state index is 3.61. The zero-order chi connectivity index (χ0) is 13.8. The lowest BCUT2D eigenvalue weighted by Crippen LogP contribution is -2.42. The van der Waals surface area contributed by atoms with Gasteiger partial charge in [-0.15, -0.1) is 0 Å². The molecule has 2 nitrogen and oxygen atoms in total. The van der Waals surface area contributed by atoms with E-state index in [1.54, 1.807) is 0 Å². The van der Waals surface area contributed by atoms with Gasteiger partial charge in [0, 0.05) is 13.1 Å². The Kier molecular flexibility index (Phi) is 5.30. The summed E-state index contributed by atoms with van der Waals surface area (Å²) in [5, 5.41) is 3.61. The van der Waals surface area contributed by atoms with E-state index in [1.165, 1.54) is 77.7 Å². The second-order valence-electron chi connectivity index (χ2n) is 8.11. The van der Waals surface area contributed by atoms with E-state index in [9.17, 15) is 0 Å². The van der Waals surface area contributed by atoms with Crippen molar-refractivity contribution in [1.29, 1.82) is 0 Å². The number of rotatable bonds is 5. The molecule has 0 bridgehead atoms. The zero-order valence-electron chi connectivity index (χ0n) is 13.4. The number of nitrogens with one attached hydrogen (secondary N) is 1. The number of nitrogens with zero attached hydrogens (tertiary/aromatic N) is 1. The molecule has 0 unspecified atom stereocenters. The minimum absolute atomic E-state index is 0.465. The minimum atomic E-state index is 0.465. The van der Waals surface area contributed by atoms with Gasteiger partial charge in [-0.3, -0.25) is 0 Å². The summed E-state index contributed by atoms with van der Waals surface area (Å²) in [6.07, 6.45) is 10.2. The molecule has 2 fully saturated rings. The summed E-state index contributed by atoms with van der Waals surface area (Å²) in [6.45, 7) is 13.2. The molecule has 1 saturated heterocycles. The van der Waals surface area contributed by atoms with Crippen LogP contribution in [0.2, 0.25) is 0 Å². The first-order valence-electron chi connectivity index (χ1n) is 8.42. The number of likely N-dealkylation sites (tertiary alicyclic amines) is 1. The van der Waals surface area contributed by atoms with Crippen LogP contribution in [0, 0.1) is 10.8 Å². The van der Waals surface area contributed by atoms with Crippen LogP contribution in [0.3, 0.4) is 0 Å². The molecule has 0 radical (unpaired) electrons. The molecule has 1 aliphatic heterocycles. The maximum atomic E-state index is 3.61. The molecule has 1 saturated carbocycles. The summed E-state index contributed by atoms with van der Waals surface area (Å²) in [4.78, 5) is 2.67. The van der Waals surface area contributed by atoms with E-state index in [0.717, 1.165) is 5.41 Å². The fourth-order valence-electron chi connectivity index (χ4n) is 3.70. The Morgan fingerprint density at radius 3 is 2.16 bits per heavy atom. The van der Waals surface area contributed by atoms with Crippen LogP contribution < -0.4 is 5.32 Å². The van der Waals surface area contributed by atoms with Crippen LogP contribution in [-0.2, 0) is 0 Å². The lowest BCUT2D eigenvalue weighted by Gasteiger charge is -2.39. The molecule has 112 valence electrons. The van der Waals surface area contributed by atoms with Crippen LogP contribution in [0.15, 0.2) is 0 Å². The highest BCUT2D eigenvalue weighted by molar-refractivity contribution is 4.89. The Morgan fingerprint density at radius 2 is 1.58 bits per heavy atom. The van der Waals surface area contributed by atoms with Gasteiger partial charge in [-0.25, -0.2) is 0 Å². The van der Waals surface area contributed by atoms with Gasteiger partial charge in [0.25, 0.3) is 0 Å². The summed E-state index contributed by atoms with van der Waals surface area (Å²) < 4.78 is 0.